The second-order valence-corrected chi connectivity index (χ2v) is 8.37. The van der Waals surface area contributed by atoms with Crippen LogP contribution in [0.3, 0.4) is 0 Å². The van der Waals surface area contributed by atoms with Gasteiger partial charge in [0.05, 0.1) is 6.42 Å². The van der Waals surface area contributed by atoms with E-state index in [-0.39, 0.29) is 19.3 Å². The second kappa shape index (κ2) is 14.9. The van der Waals surface area contributed by atoms with Crippen LogP contribution < -0.4 is 21.3 Å². The van der Waals surface area contributed by atoms with E-state index in [1.165, 1.54) is 0 Å². The summed E-state index contributed by atoms with van der Waals surface area (Å²) in [5, 5.41) is 36.8. The quantitative estimate of drug-likeness (QED) is 0.129. The summed E-state index contributed by atoms with van der Waals surface area (Å²) in [7, 11) is 0. The zero-order valence-electron chi connectivity index (χ0n) is 17.7. The van der Waals surface area contributed by atoms with Crippen molar-refractivity contribution in [2.75, 3.05) is 11.9 Å². The molecule has 4 amide bonds. The van der Waals surface area contributed by atoms with Gasteiger partial charge in [-0.15, -0.1) is 0 Å². The number of hydrogen-bond acceptors (Lipinski definition) is 5. The van der Waals surface area contributed by atoms with Crippen LogP contribution in [0.15, 0.2) is 24.3 Å². The summed E-state index contributed by atoms with van der Waals surface area (Å²) in [6.45, 7) is 0.296. The number of carboxylic acid groups (broad SMARTS) is 3. The van der Waals surface area contributed by atoms with E-state index in [4.69, 9.17) is 10.2 Å². The van der Waals surface area contributed by atoms with Gasteiger partial charge in [0.1, 0.15) is 6.04 Å². The summed E-state index contributed by atoms with van der Waals surface area (Å²) >= 11 is 2.15. The minimum Gasteiger partial charge on any atom is -0.481 e. The van der Waals surface area contributed by atoms with Crippen LogP contribution in [0.5, 0.6) is 0 Å². The van der Waals surface area contributed by atoms with Crippen LogP contribution >= 0.6 is 22.6 Å². The van der Waals surface area contributed by atoms with E-state index >= 15 is 0 Å². The maximum absolute atomic E-state index is 12.1. The van der Waals surface area contributed by atoms with Crippen molar-refractivity contribution >= 4 is 58.2 Å². The molecule has 0 aliphatic rings. The standard InChI is InChI=1S/C20H27IN4O8/c21-12-4-6-13(7-5-12)23-19(32)22-10-2-1-3-15(18(30)31)25-20(33)24-14(11-17(28)29)8-9-16(26)27/h4-7,14-15H,1-3,8-11H2,(H,26,27)(H,28,29)(H,30,31)(H2,22,23,32)(H2,24,25,33)/t14-,15-/m0/s1. The highest BCUT2D eigenvalue weighted by Gasteiger charge is 2.22. The highest BCUT2D eigenvalue weighted by atomic mass is 127. The number of amides is 4. The largest absolute Gasteiger partial charge is 0.481 e. The molecule has 7 N–H and O–H groups in total. The number of aliphatic carboxylic acids is 3. The average Bonchev–Trinajstić information content (AvgIpc) is 2.72. The van der Waals surface area contributed by atoms with Gasteiger partial charge in [-0.2, -0.15) is 0 Å². The van der Waals surface area contributed by atoms with Crippen LogP contribution in [0, 0.1) is 3.57 Å². The number of carbonyl (C=O) groups is 5. The monoisotopic (exact) mass is 578 g/mol. The van der Waals surface area contributed by atoms with Crippen molar-refractivity contribution in [2.45, 2.75) is 50.6 Å². The van der Waals surface area contributed by atoms with E-state index in [9.17, 15) is 29.1 Å². The molecule has 0 spiro atoms. The van der Waals surface area contributed by atoms with Crippen LogP contribution in [-0.4, -0.2) is 63.9 Å². The molecule has 0 aromatic heterocycles. The van der Waals surface area contributed by atoms with Gasteiger partial charge in [-0.25, -0.2) is 14.4 Å². The summed E-state index contributed by atoms with van der Waals surface area (Å²) in [5.74, 6) is -3.63. The van der Waals surface area contributed by atoms with Gasteiger partial charge in [0.25, 0.3) is 0 Å². The molecular formula is C20H27IN4O8. The number of urea groups is 2. The molecule has 0 bridgehead atoms. The van der Waals surface area contributed by atoms with E-state index < -0.39 is 48.5 Å². The second-order valence-electron chi connectivity index (χ2n) is 7.12. The summed E-state index contributed by atoms with van der Waals surface area (Å²) < 4.78 is 1.03. The molecule has 0 heterocycles. The molecule has 0 saturated carbocycles. The Kier molecular flexibility index (Phi) is 12.6. The Hall–Kier alpha value is -3.10. The smallest absolute Gasteiger partial charge is 0.326 e. The lowest BCUT2D eigenvalue weighted by Crippen LogP contribution is -2.49. The molecule has 12 nitrogen and oxygen atoms in total. The lowest BCUT2D eigenvalue weighted by atomic mass is 10.1. The summed E-state index contributed by atoms with van der Waals surface area (Å²) in [6, 6.07) is 3.75. The fourth-order valence-corrected chi connectivity index (χ4v) is 3.12. The molecule has 1 aromatic rings. The lowest BCUT2D eigenvalue weighted by Gasteiger charge is -2.19. The van der Waals surface area contributed by atoms with E-state index in [2.05, 4.69) is 43.9 Å². The lowest BCUT2D eigenvalue weighted by molar-refractivity contribution is -0.140. The number of carboxylic acids is 3. The molecule has 0 radical (unpaired) electrons. The van der Waals surface area contributed by atoms with E-state index in [0.717, 1.165) is 3.57 Å². The molecule has 0 unspecified atom stereocenters. The first kappa shape index (κ1) is 27.9. The average molecular weight is 578 g/mol. The van der Waals surface area contributed by atoms with Crippen molar-refractivity contribution in [3.05, 3.63) is 27.8 Å². The molecule has 2 atom stereocenters. The predicted molar refractivity (Wildman–Crippen MR) is 126 cm³/mol. The van der Waals surface area contributed by atoms with Gasteiger partial charge in [0.2, 0.25) is 0 Å². The van der Waals surface area contributed by atoms with Gasteiger partial charge in [-0.3, -0.25) is 9.59 Å². The molecule has 0 aliphatic heterocycles. The van der Waals surface area contributed by atoms with Gasteiger partial charge in [0, 0.05) is 28.3 Å². The van der Waals surface area contributed by atoms with Crippen molar-refractivity contribution in [2.24, 2.45) is 0 Å². The third-order valence-electron chi connectivity index (χ3n) is 4.37. The third-order valence-corrected chi connectivity index (χ3v) is 5.09. The summed E-state index contributed by atoms with van der Waals surface area (Å²) in [4.78, 5) is 56.9. The first-order valence-corrected chi connectivity index (χ1v) is 11.2. The van der Waals surface area contributed by atoms with Crippen LogP contribution in [-0.2, 0) is 14.4 Å². The molecule has 0 saturated heterocycles. The third kappa shape index (κ3) is 13.1. The Morgan fingerprint density at radius 3 is 2.09 bits per heavy atom. The highest BCUT2D eigenvalue weighted by molar-refractivity contribution is 14.1. The molecule has 13 heteroatoms. The van der Waals surface area contributed by atoms with Crippen LogP contribution in [0.1, 0.15) is 38.5 Å². The zero-order chi connectivity index (χ0) is 24.8. The molecule has 0 aliphatic carbocycles. The molecule has 182 valence electrons. The number of carbonyl (C=O) groups excluding carboxylic acids is 2. The molecule has 33 heavy (non-hydrogen) atoms. The summed E-state index contributed by atoms with van der Waals surface area (Å²) in [6.07, 6.45) is -0.00414. The van der Waals surface area contributed by atoms with Crippen molar-refractivity contribution in [1.29, 1.82) is 0 Å². The van der Waals surface area contributed by atoms with Crippen molar-refractivity contribution < 1.29 is 39.3 Å². The zero-order valence-corrected chi connectivity index (χ0v) is 19.8. The number of anilines is 1. The van der Waals surface area contributed by atoms with Gasteiger partial charge < -0.3 is 36.6 Å². The topological polar surface area (TPSA) is 194 Å². The fraction of sp³-hybridized carbons (Fsp3) is 0.450. The minimum absolute atomic E-state index is 0.0852. The molecule has 0 fully saturated rings. The Morgan fingerprint density at radius 2 is 1.52 bits per heavy atom. The van der Waals surface area contributed by atoms with Gasteiger partial charge in [-0.1, -0.05) is 0 Å². The van der Waals surface area contributed by atoms with Gasteiger partial charge in [-0.05, 0) is 72.5 Å². The van der Waals surface area contributed by atoms with E-state index in [1.54, 1.807) is 12.1 Å². The highest BCUT2D eigenvalue weighted by Crippen LogP contribution is 2.11. The SMILES string of the molecule is O=C(O)CC[C@@H](CC(=O)O)NC(=O)N[C@@H](CCCCNC(=O)Nc1ccc(I)cc1)C(=O)O. The van der Waals surface area contributed by atoms with Crippen molar-refractivity contribution in [1.82, 2.24) is 16.0 Å². The fourth-order valence-electron chi connectivity index (χ4n) is 2.76. The van der Waals surface area contributed by atoms with Crippen molar-refractivity contribution in [3.8, 4) is 0 Å². The predicted octanol–water partition coefficient (Wildman–Crippen LogP) is 2.04. The number of unbranched alkanes of at least 4 members (excludes halogenated alkanes) is 1. The Labute approximate surface area is 203 Å². The number of rotatable bonds is 14. The normalized spacial score (nSPS) is 12.2. The Morgan fingerprint density at radius 1 is 0.848 bits per heavy atom. The van der Waals surface area contributed by atoms with Gasteiger partial charge >= 0.3 is 30.0 Å². The molecular weight excluding hydrogens is 551 g/mol. The van der Waals surface area contributed by atoms with Crippen LogP contribution in [0.2, 0.25) is 0 Å². The summed E-state index contributed by atoms with van der Waals surface area (Å²) in [5.41, 5.74) is 0.638. The van der Waals surface area contributed by atoms with Crippen LogP contribution in [0.25, 0.3) is 0 Å². The first-order chi connectivity index (χ1) is 15.6. The number of benzene rings is 1. The Bertz CT molecular complexity index is 834. The van der Waals surface area contributed by atoms with E-state index in [0.29, 0.717) is 25.1 Å². The minimum atomic E-state index is -1.27. The molecule has 1 rings (SSSR count). The number of nitrogens with one attached hydrogen (secondary N) is 4. The van der Waals surface area contributed by atoms with E-state index in [1.807, 2.05) is 12.1 Å². The maximum Gasteiger partial charge on any atom is 0.326 e. The van der Waals surface area contributed by atoms with Gasteiger partial charge in [0.15, 0.2) is 0 Å². The Balaban J connectivity index is 2.38. The van der Waals surface area contributed by atoms with Crippen molar-refractivity contribution in [3.63, 3.8) is 0 Å². The number of hydrogen-bond donors (Lipinski definition) is 7. The maximum atomic E-state index is 12.1. The first-order valence-electron chi connectivity index (χ1n) is 10.1. The molecule has 1 aromatic carbocycles. The number of halogens is 1. The van der Waals surface area contributed by atoms with Crippen LogP contribution in [0.4, 0.5) is 15.3 Å².